The summed E-state index contributed by atoms with van der Waals surface area (Å²) in [7, 11) is 1.59. The zero-order valence-electron chi connectivity index (χ0n) is 26.1. The van der Waals surface area contributed by atoms with Crippen molar-refractivity contribution in [3.8, 4) is 11.5 Å². The zero-order valence-corrected chi connectivity index (χ0v) is 29.7. The summed E-state index contributed by atoms with van der Waals surface area (Å²) in [5, 5.41) is 49.4. The first kappa shape index (κ1) is 37.4. The molecule has 49 heavy (non-hydrogen) atoms. The molecule has 20 nitrogen and oxygen atoms in total. The number of aromatic hydroxyl groups is 2. The molecule has 0 aliphatic carbocycles. The Morgan fingerprint density at radius 3 is 2.53 bits per heavy atom. The predicted molar refractivity (Wildman–Crippen MR) is 160 cm³/mol. The number of likely N-dealkylation sites (N-methyl/N-ethyl adjacent to an activating group) is 1. The fourth-order valence-electron chi connectivity index (χ4n) is 5.25. The Morgan fingerprint density at radius 1 is 1.18 bits per heavy atom. The van der Waals surface area contributed by atoms with Crippen LogP contribution < -0.4 is 50.6 Å². The van der Waals surface area contributed by atoms with Crippen LogP contribution in [0.1, 0.15) is 18.5 Å². The van der Waals surface area contributed by atoms with E-state index in [-0.39, 0.29) is 78.2 Å². The molecule has 0 radical (unpaired) electrons. The number of carboxylic acids is 1. The van der Waals surface area contributed by atoms with Crippen molar-refractivity contribution < 1.29 is 78.4 Å². The Kier molecular flexibility index (Phi) is 11.5. The maximum absolute atomic E-state index is 13.9. The van der Waals surface area contributed by atoms with Gasteiger partial charge in [0.15, 0.2) is 11.5 Å². The molecule has 0 saturated carbocycles. The molecule has 2 aromatic rings. The largest absolute Gasteiger partial charge is 1.00 e. The topological polar surface area (TPSA) is 272 Å². The maximum atomic E-state index is 13.9. The van der Waals surface area contributed by atoms with E-state index >= 15 is 0 Å². The number of phenolic OH excluding ortho intramolecular Hbond substituents is 2. The number of imide groups is 1. The molecule has 2 fully saturated rings. The number of hydrogen-bond acceptors (Lipinski definition) is 15. The van der Waals surface area contributed by atoms with E-state index in [9.17, 15) is 48.9 Å². The van der Waals surface area contributed by atoms with Crippen LogP contribution in [0.25, 0.3) is 0 Å². The van der Waals surface area contributed by atoms with Crippen molar-refractivity contribution >= 4 is 65.6 Å². The van der Waals surface area contributed by atoms with Gasteiger partial charge in [-0.1, -0.05) is 17.8 Å². The molecule has 23 heteroatoms. The molecule has 3 aliphatic rings. The van der Waals surface area contributed by atoms with E-state index in [4.69, 9.17) is 0 Å². The number of β-lactam (4-membered cyclic amide) rings is 1. The number of nitrogens with zero attached hydrogens (tertiary/aromatic N) is 7. The van der Waals surface area contributed by atoms with Crippen LogP contribution in [0, 0.1) is 0 Å². The molecule has 4 heterocycles. The molecule has 3 aliphatic heterocycles. The van der Waals surface area contributed by atoms with Gasteiger partial charge in [-0.05, 0) is 40.6 Å². The number of nitrogens with one attached hydrogen (secondary N) is 3. The first-order chi connectivity index (χ1) is 22.8. The van der Waals surface area contributed by atoms with Crippen molar-refractivity contribution in [1.29, 1.82) is 0 Å². The SMILES string of the molecule is CCN1CCN(C(=O)NC(C(=O)N[C@]2(NC=O)C(=O)N3C(C(=O)[O-])=C(CSc4nnnn4C)CS[C@@H]32)c2ccc(O)c(O)c2)C(=O)C1=O.[Na+]. The first-order valence-corrected chi connectivity index (χ1v) is 16.1. The minimum Gasteiger partial charge on any atom is -0.543 e. The number of tetrazole rings is 1. The first-order valence-electron chi connectivity index (χ1n) is 14.0. The maximum Gasteiger partial charge on any atom is 1.00 e. The van der Waals surface area contributed by atoms with E-state index in [2.05, 4.69) is 31.5 Å². The van der Waals surface area contributed by atoms with E-state index in [1.165, 1.54) is 15.6 Å². The molecule has 0 bridgehead atoms. The molecule has 0 spiro atoms. The summed E-state index contributed by atoms with van der Waals surface area (Å²) < 4.78 is 1.37. The van der Waals surface area contributed by atoms with E-state index in [1.807, 2.05) is 0 Å². The molecule has 7 amide bonds. The van der Waals surface area contributed by atoms with E-state index in [0.717, 1.165) is 40.6 Å². The molecular weight excluding hydrogens is 699 g/mol. The number of carbonyl (C=O) groups excluding carboxylic acids is 7. The van der Waals surface area contributed by atoms with Gasteiger partial charge < -0.3 is 41.0 Å². The summed E-state index contributed by atoms with van der Waals surface area (Å²) >= 11 is 2.13. The van der Waals surface area contributed by atoms with Gasteiger partial charge in [0.25, 0.3) is 5.91 Å². The van der Waals surface area contributed by atoms with Gasteiger partial charge in [0.05, 0.1) is 11.7 Å². The number of hydrogen-bond donors (Lipinski definition) is 5. The summed E-state index contributed by atoms with van der Waals surface area (Å²) in [6.45, 7) is 1.71. The van der Waals surface area contributed by atoms with Gasteiger partial charge >= 0.3 is 47.4 Å². The van der Waals surface area contributed by atoms with Gasteiger partial charge in [0.2, 0.25) is 23.1 Å². The number of thioether (sulfide) groups is 2. The second kappa shape index (κ2) is 15.0. The Labute approximate surface area is 307 Å². The smallest absolute Gasteiger partial charge is 0.543 e. The Bertz CT molecular complexity index is 1760. The Hall–Kier alpha value is -4.38. The average Bonchev–Trinajstić information content (AvgIpc) is 3.48. The van der Waals surface area contributed by atoms with Gasteiger partial charge in [-0.15, -0.1) is 16.9 Å². The van der Waals surface area contributed by atoms with Gasteiger partial charge in [0.1, 0.15) is 11.4 Å². The molecule has 2 saturated heterocycles. The number of aliphatic carboxylic acids is 1. The third-order valence-corrected chi connectivity index (χ3v) is 10.2. The number of carboxylic acid groups (broad SMARTS) is 1. The van der Waals surface area contributed by atoms with Gasteiger partial charge in [-0.2, -0.15) is 0 Å². The number of piperazine rings is 1. The fourth-order valence-corrected chi connectivity index (χ4v) is 7.66. The number of amides is 7. The molecular formula is C26H27N10NaO10S2. The average molecular weight is 727 g/mol. The van der Waals surface area contributed by atoms with Crippen LogP contribution in [0.15, 0.2) is 34.6 Å². The molecule has 254 valence electrons. The van der Waals surface area contributed by atoms with Crippen molar-refractivity contribution in [3.63, 3.8) is 0 Å². The van der Waals surface area contributed by atoms with Crippen molar-refractivity contribution in [1.82, 2.24) is 50.9 Å². The summed E-state index contributed by atoms with van der Waals surface area (Å²) in [5.41, 5.74) is -2.52. The second-order valence-corrected chi connectivity index (χ2v) is 12.5. The summed E-state index contributed by atoms with van der Waals surface area (Å²) in [6, 6.07) is 0.190. The molecule has 5 N–H and O–H groups in total. The molecule has 1 unspecified atom stereocenters. The number of aryl methyl sites for hydroxylation is 1. The predicted octanol–water partition coefficient (Wildman–Crippen LogP) is -6.66. The minimum atomic E-state index is -2.21. The summed E-state index contributed by atoms with van der Waals surface area (Å²) in [6.07, 6.45) is 0.127. The van der Waals surface area contributed by atoms with Crippen LogP contribution in [-0.2, 0) is 35.8 Å². The minimum absolute atomic E-state index is 0. The molecule has 3 atom stereocenters. The van der Waals surface area contributed by atoms with Crippen LogP contribution in [0.4, 0.5) is 4.79 Å². The molecule has 5 rings (SSSR count). The number of urea groups is 1. The number of rotatable bonds is 11. The summed E-state index contributed by atoms with van der Waals surface area (Å²) in [4.78, 5) is 92.7. The summed E-state index contributed by atoms with van der Waals surface area (Å²) in [5.74, 6) is -7.10. The zero-order chi connectivity index (χ0) is 34.9. The van der Waals surface area contributed by atoms with Gasteiger partial charge in [-0.3, -0.25) is 33.8 Å². The standard InChI is InChI=1S/C26H28N10O10S2.Na/c1-3-34-6-7-35(20(42)19(34)41)24(46)28-16(12-4-5-14(38)15(39)8-12)18(40)29-26(27-11-37)22(45)36-17(21(43)44)13(9-47-23(26)36)10-48-25-30-31-32-33(25)2;/h4-5,8,11,16,23,38-39H,3,6-7,9-10H2,1-2H3,(H,27,37)(H,28,46)(H,29,40)(H,43,44);/q;+1/p-1/t16?,23-,26-;/m1./s1. The van der Waals surface area contributed by atoms with E-state index in [0.29, 0.717) is 10.1 Å². The number of benzene rings is 1. The van der Waals surface area contributed by atoms with E-state index < -0.39 is 69.9 Å². The van der Waals surface area contributed by atoms with Crippen LogP contribution >= 0.6 is 23.5 Å². The number of aromatic nitrogens is 4. The van der Waals surface area contributed by atoms with Gasteiger partial charge in [0, 0.05) is 38.2 Å². The van der Waals surface area contributed by atoms with E-state index in [1.54, 1.807) is 14.0 Å². The third kappa shape index (κ3) is 6.90. The molecule has 1 aromatic heterocycles. The second-order valence-electron chi connectivity index (χ2n) is 10.5. The van der Waals surface area contributed by atoms with Crippen LogP contribution in [0.5, 0.6) is 11.5 Å². The van der Waals surface area contributed by atoms with Crippen molar-refractivity contribution in [2.75, 3.05) is 31.1 Å². The Balaban J connectivity index is 0.00000541. The Morgan fingerprint density at radius 2 is 1.92 bits per heavy atom. The quantitative estimate of drug-likeness (QED) is 0.0274. The number of carbonyl (C=O) groups is 7. The third-order valence-electron chi connectivity index (χ3n) is 7.71. The van der Waals surface area contributed by atoms with Crippen molar-refractivity contribution in [2.45, 2.75) is 29.2 Å². The van der Waals surface area contributed by atoms with Crippen LogP contribution in [0.2, 0.25) is 0 Å². The van der Waals surface area contributed by atoms with Crippen molar-refractivity contribution in [3.05, 3.63) is 35.0 Å². The number of fused-ring (bicyclic) bond motifs is 1. The molecule has 1 aromatic carbocycles. The van der Waals surface area contributed by atoms with Gasteiger partial charge in [-0.25, -0.2) is 9.48 Å². The normalized spacial score (nSPS) is 20.9. The fraction of sp³-hybridized carbons (Fsp3) is 0.385. The monoisotopic (exact) mass is 726 g/mol. The van der Waals surface area contributed by atoms with Crippen LogP contribution in [-0.4, -0.2) is 129 Å². The number of phenols is 2. The van der Waals surface area contributed by atoms with Crippen LogP contribution in [0.3, 0.4) is 0 Å². The van der Waals surface area contributed by atoms with Crippen molar-refractivity contribution in [2.24, 2.45) is 7.05 Å².